The lowest BCUT2D eigenvalue weighted by Crippen LogP contribution is -2.45. The van der Waals surface area contributed by atoms with E-state index in [1.165, 1.54) is 16.8 Å². The summed E-state index contributed by atoms with van der Waals surface area (Å²) in [6.07, 6.45) is 0. The van der Waals surface area contributed by atoms with E-state index in [2.05, 4.69) is 53.1 Å². The third-order valence-electron chi connectivity index (χ3n) is 4.34. The number of nitrogens with zero attached hydrogens (tertiary/aromatic N) is 2. The van der Waals surface area contributed by atoms with Crippen LogP contribution in [0, 0.1) is 6.92 Å². The number of anilines is 1. The average Bonchev–Trinajstić information content (AvgIpc) is 2.58. The van der Waals surface area contributed by atoms with Gasteiger partial charge in [0.25, 0.3) is 0 Å². The molecule has 0 aromatic heterocycles. The normalized spacial score (nSPS) is 15.8. The van der Waals surface area contributed by atoms with Crippen molar-refractivity contribution in [2.45, 2.75) is 13.5 Å². The highest BCUT2D eigenvalue weighted by Gasteiger charge is 2.17. The fourth-order valence-corrected chi connectivity index (χ4v) is 2.91. The first kappa shape index (κ1) is 14.9. The molecule has 1 aliphatic rings. The van der Waals surface area contributed by atoms with E-state index in [1.807, 2.05) is 12.1 Å². The van der Waals surface area contributed by atoms with Crippen LogP contribution in [-0.2, 0) is 6.54 Å². The average molecular weight is 296 g/mol. The highest BCUT2D eigenvalue weighted by Crippen LogP contribution is 2.21. The van der Waals surface area contributed by atoms with Gasteiger partial charge in [-0.3, -0.25) is 4.90 Å². The summed E-state index contributed by atoms with van der Waals surface area (Å²) < 4.78 is 5.22. The maximum atomic E-state index is 5.22. The summed E-state index contributed by atoms with van der Waals surface area (Å²) in [7, 11) is 1.71. The first-order valence-electron chi connectivity index (χ1n) is 7.91. The van der Waals surface area contributed by atoms with Crippen molar-refractivity contribution in [2.75, 3.05) is 38.2 Å². The van der Waals surface area contributed by atoms with Crippen LogP contribution in [0.4, 0.5) is 5.69 Å². The second-order valence-electron chi connectivity index (χ2n) is 5.95. The van der Waals surface area contributed by atoms with Gasteiger partial charge in [-0.1, -0.05) is 29.8 Å². The summed E-state index contributed by atoms with van der Waals surface area (Å²) in [5, 5.41) is 0. The lowest BCUT2D eigenvalue weighted by molar-refractivity contribution is 0.250. The second-order valence-corrected chi connectivity index (χ2v) is 5.95. The van der Waals surface area contributed by atoms with E-state index in [-0.39, 0.29) is 0 Å². The quantitative estimate of drug-likeness (QED) is 0.861. The van der Waals surface area contributed by atoms with E-state index < -0.39 is 0 Å². The van der Waals surface area contributed by atoms with Gasteiger partial charge in [-0.25, -0.2) is 0 Å². The van der Waals surface area contributed by atoms with Crippen LogP contribution >= 0.6 is 0 Å². The zero-order valence-electron chi connectivity index (χ0n) is 13.5. The van der Waals surface area contributed by atoms with Gasteiger partial charge < -0.3 is 9.64 Å². The van der Waals surface area contributed by atoms with Crippen LogP contribution in [0.25, 0.3) is 0 Å². The molecule has 2 aromatic carbocycles. The monoisotopic (exact) mass is 296 g/mol. The van der Waals surface area contributed by atoms with Crippen molar-refractivity contribution < 1.29 is 4.74 Å². The minimum absolute atomic E-state index is 0.918. The third-order valence-corrected chi connectivity index (χ3v) is 4.34. The molecule has 2 aromatic rings. The first-order chi connectivity index (χ1) is 10.7. The van der Waals surface area contributed by atoms with Crippen LogP contribution in [0.1, 0.15) is 11.1 Å². The van der Waals surface area contributed by atoms with Crippen molar-refractivity contribution in [2.24, 2.45) is 0 Å². The van der Waals surface area contributed by atoms with E-state index in [0.717, 1.165) is 38.5 Å². The minimum Gasteiger partial charge on any atom is -0.497 e. The zero-order valence-corrected chi connectivity index (χ0v) is 13.5. The van der Waals surface area contributed by atoms with E-state index in [9.17, 15) is 0 Å². The molecule has 0 radical (unpaired) electrons. The van der Waals surface area contributed by atoms with Crippen LogP contribution in [0.5, 0.6) is 5.75 Å². The molecule has 0 spiro atoms. The molecule has 1 fully saturated rings. The van der Waals surface area contributed by atoms with Gasteiger partial charge in [0, 0.05) is 38.4 Å². The SMILES string of the molecule is COc1ccc(N2CCN(Cc3ccc(C)cc3)CC2)cc1. The van der Waals surface area contributed by atoms with Gasteiger partial charge in [0.1, 0.15) is 5.75 Å². The summed E-state index contributed by atoms with van der Waals surface area (Å²) in [6, 6.07) is 17.2. The number of hydrogen-bond donors (Lipinski definition) is 0. The molecule has 3 rings (SSSR count). The Balaban J connectivity index is 1.54. The summed E-state index contributed by atoms with van der Waals surface area (Å²) in [5.74, 6) is 0.918. The summed E-state index contributed by atoms with van der Waals surface area (Å²) in [5.41, 5.74) is 4.02. The Morgan fingerprint density at radius 3 is 2.09 bits per heavy atom. The fraction of sp³-hybridized carbons (Fsp3) is 0.368. The van der Waals surface area contributed by atoms with E-state index >= 15 is 0 Å². The van der Waals surface area contributed by atoms with Gasteiger partial charge in [-0.05, 0) is 36.8 Å². The van der Waals surface area contributed by atoms with Crippen molar-refractivity contribution >= 4 is 5.69 Å². The molecule has 0 aliphatic carbocycles. The molecule has 3 nitrogen and oxygen atoms in total. The Morgan fingerprint density at radius 2 is 1.50 bits per heavy atom. The molecule has 22 heavy (non-hydrogen) atoms. The van der Waals surface area contributed by atoms with Crippen molar-refractivity contribution in [3.05, 3.63) is 59.7 Å². The molecule has 116 valence electrons. The molecule has 1 aliphatic heterocycles. The van der Waals surface area contributed by atoms with E-state index in [0.29, 0.717) is 0 Å². The van der Waals surface area contributed by atoms with Crippen LogP contribution in [0.15, 0.2) is 48.5 Å². The molecule has 0 atom stereocenters. The smallest absolute Gasteiger partial charge is 0.119 e. The van der Waals surface area contributed by atoms with Crippen molar-refractivity contribution in [1.29, 1.82) is 0 Å². The maximum absolute atomic E-state index is 5.22. The van der Waals surface area contributed by atoms with Crippen LogP contribution in [-0.4, -0.2) is 38.2 Å². The Labute approximate surface area is 133 Å². The number of aryl methyl sites for hydroxylation is 1. The van der Waals surface area contributed by atoms with Gasteiger partial charge in [0.2, 0.25) is 0 Å². The number of benzene rings is 2. The Morgan fingerprint density at radius 1 is 0.864 bits per heavy atom. The second kappa shape index (κ2) is 6.84. The molecule has 0 amide bonds. The molecule has 1 heterocycles. The molecular formula is C19H24N2O. The minimum atomic E-state index is 0.918. The van der Waals surface area contributed by atoms with Gasteiger partial charge in [0.15, 0.2) is 0 Å². The third kappa shape index (κ3) is 3.60. The first-order valence-corrected chi connectivity index (χ1v) is 7.91. The van der Waals surface area contributed by atoms with Gasteiger partial charge >= 0.3 is 0 Å². The highest BCUT2D eigenvalue weighted by atomic mass is 16.5. The molecule has 3 heteroatoms. The molecule has 0 saturated carbocycles. The summed E-state index contributed by atoms with van der Waals surface area (Å²) >= 11 is 0. The fourth-order valence-electron chi connectivity index (χ4n) is 2.91. The standard InChI is InChI=1S/C19H24N2O/c1-16-3-5-17(6-4-16)15-20-11-13-21(14-12-20)18-7-9-19(22-2)10-8-18/h3-10H,11-15H2,1-2H3. The predicted octanol–water partition coefficient (Wildman–Crippen LogP) is 3.33. The summed E-state index contributed by atoms with van der Waals surface area (Å²) in [6.45, 7) is 7.57. The number of methoxy groups -OCH3 is 1. The lowest BCUT2D eigenvalue weighted by atomic mass is 10.1. The van der Waals surface area contributed by atoms with Crippen molar-refractivity contribution in [3.63, 3.8) is 0 Å². The number of rotatable bonds is 4. The Bertz CT molecular complexity index is 584. The molecule has 0 N–H and O–H groups in total. The van der Waals surface area contributed by atoms with Crippen molar-refractivity contribution in [1.82, 2.24) is 4.90 Å². The van der Waals surface area contributed by atoms with Crippen LogP contribution < -0.4 is 9.64 Å². The largest absolute Gasteiger partial charge is 0.497 e. The van der Waals surface area contributed by atoms with Gasteiger partial charge in [0.05, 0.1) is 7.11 Å². The number of ether oxygens (including phenoxy) is 1. The molecule has 1 saturated heterocycles. The zero-order chi connectivity index (χ0) is 15.4. The Hall–Kier alpha value is -2.00. The highest BCUT2D eigenvalue weighted by molar-refractivity contribution is 5.49. The lowest BCUT2D eigenvalue weighted by Gasteiger charge is -2.36. The molecular weight excluding hydrogens is 272 g/mol. The number of piperazine rings is 1. The van der Waals surface area contributed by atoms with Crippen molar-refractivity contribution in [3.8, 4) is 5.75 Å². The number of hydrogen-bond acceptors (Lipinski definition) is 3. The van der Waals surface area contributed by atoms with Gasteiger partial charge in [-0.2, -0.15) is 0 Å². The predicted molar refractivity (Wildman–Crippen MR) is 91.7 cm³/mol. The summed E-state index contributed by atoms with van der Waals surface area (Å²) in [4.78, 5) is 4.98. The van der Waals surface area contributed by atoms with Crippen LogP contribution in [0.2, 0.25) is 0 Å². The topological polar surface area (TPSA) is 15.7 Å². The van der Waals surface area contributed by atoms with E-state index in [4.69, 9.17) is 4.74 Å². The molecule has 0 bridgehead atoms. The Kier molecular flexibility index (Phi) is 4.64. The molecule has 0 unspecified atom stereocenters. The van der Waals surface area contributed by atoms with Crippen LogP contribution in [0.3, 0.4) is 0 Å². The maximum Gasteiger partial charge on any atom is 0.119 e. The van der Waals surface area contributed by atoms with Gasteiger partial charge in [-0.15, -0.1) is 0 Å². The van der Waals surface area contributed by atoms with E-state index in [1.54, 1.807) is 7.11 Å².